The summed E-state index contributed by atoms with van der Waals surface area (Å²) in [6, 6.07) is 8.18. The minimum Gasteiger partial charge on any atom is -0.393 e. The first-order valence-electron chi connectivity index (χ1n) is 4.45. The van der Waals surface area contributed by atoms with Crippen molar-refractivity contribution in [3.63, 3.8) is 0 Å². The number of oxime groups is 1. The summed E-state index contributed by atoms with van der Waals surface area (Å²) < 4.78 is 0. The lowest BCUT2D eigenvalue weighted by Gasteiger charge is -2.03. The quantitative estimate of drug-likeness (QED) is 0.765. The van der Waals surface area contributed by atoms with E-state index in [0.717, 1.165) is 9.94 Å². The van der Waals surface area contributed by atoms with Gasteiger partial charge in [-0.2, -0.15) is 0 Å². The second-order valence-corrected chi connectivity index (χ2v) is 4.34. The Labute approximate surface area is 87.3 Å². The number of rotatable bonds is 1. The Balaban J connectivity index is 2.11. The molecule has 1 aromatic rings. The maximum Gasteiger partial charge on any atom is 0.138 e. The molecule has 0 aliphatic carbocycles. The van der Waals surface area contributed by atoms with E-state index in [0.29, 0.717) is 6.61 Å². The van der Waals surface area contributed by atoms with Gasteiger partial charge in [0.1, 0.15) is 11.7 Å². The third kappa shape index (κ3) is 2.08. The molecule has 0 fully saturated rings. The zero-order chi connectivity index (χ0) is 9.97. The van der Waals surface area contributed by atoms with Crippen LogP contribution in [-0.2, 0) is 4.84 Å². The van der Waals surface area contributed by atoms with Gasteiger partial charge in [0, 0.05) is 4.90 Å². The van der Waals surface area contributed by atoms with E-state index in [1.807, 2.05) is 12.1 Å². The maximum absolute atomic E-state index is 5.79. The summed E-state index contributed by atoms with van der Waals surface area (Å²) >= 11 is 1.57. The molecule has 0 saturated carbocycles. The molecule has 1 aliphatic rings. The topological polar surface area (TPSA) is 47.6 Å². The van der Waals surface area contributed by atoms with Crippen LogP contribution < -0.4 is 5.73 Å². The third-order valence-electron chi connectivity index (χ3n) is 1.94. The van der Waals surface area contributed by atoms with Crippen molar-refractivity contribution in [3.05, 3.63) is 29.8 Å². The smallest absolute Gasteiger partial charge is 0.138 e. The van der Waals surface area contributed by atoms with Crippen LogP contribution in [0.25, 0.3) is 0 Å². The van der Waals surface area contributed by atoms with Gasteiger partial charge in [-0.15, -0.1) is 0 Å². The highest BCUT2D eigenvalue weighted by Gasteiger charge is 2.19. The molecule has 74 valence electrons. The molecular formula is C10H12N2OS. The highest BCUT2D eigenvalue weighted by Crippen LogP contribution is 2.23. The van der Waals surface area contributed by atoms with E-state index in [-0.39, 0.29) is 6.04 Å². The minimum atomic E-state index is -0.0690. The van der Waals surface area contributed by atoms with Crippen LogP contribution in [0, 0.1) is 6.92 Å². The molecule has 0 aromatic heterocycles. The van der Waals surface area contributed by atoms with Gasteiger partial charge in [0.25, 0.3) is 0 Å². The van der Waals surface area contributed by atoms with E-state index in [1.54, 1.807) is 11.8 Å². The average molecular weight is 208 g/mol. The number of benzene rings is 1. The lowest BCUT2D eigenvalue weighted by molar-refractivity contribution is 0.167. The molecular weight excluding hydrogens is 196 g/mol. The number of thioether (sulfide) groups is 1. The van der Waals surface area contributed by atoms with Crippen molar-refractivity contribution in [3.8, 4) is 0 Å². The monoisotopic (exact) mass is 208 g/mol. The number of nitrogens with zero attached hydrogens (tertiary/aromatic N) is 1. The fourth-order valence-electron chi connectivity index (χ4n) is 1.21. The Bertz CT molecular complexity index is 365. The summed E-state index contributed by atoms with van der Waals surface area (Å²) in [6.45, 7) is 2.56. The Morgan fingerprint density at radius 2 is 2.43 bits per heavy atom. The number of hydrogen-bond donors (Lipinski definition) is 1. The molecule has 1 aromatic carbocycles. The number of nitrogens with two attached hydrogens (primary N) is 1. The molecule has 0 saturated heterocycles. The lowest BCUT2D eigenvalue weighted by atomic mass is 10.2. The predicted molar refractivity (Wildman–Crippen MR) is 58.4 cm³/mol. The predicted octanol–water partition coefficient (Wildman–Crippen LogP) is 1.76. The van der Waals surface area contributed by atoms with Crippen molar-refractivity contribution >= 4 is 16.8 Å². The van der Waals surface area contributed by atoms with Crippen molar-refractivity contribution in [1.82, 2.24) is 0 Å². The van der Waals surface area contributed by atoms with Gasteiger partial charge in [-0.05, 0) is 19.1 Å². The van der Waals surface area contributed by atoms with Gasteiger partial charge in [0.2, 0.25) is 0 Å². The molecule has 1 aliphatic heterocycles. The fraction of sp³-hybridized carbons (Fsp3) is 0.300. The molecule has 1 atom stereocenters. The van der Waals surface area contributed by atoms with Crippen LogP contribution in [0.2, 0.25) is 0 Å². The van der Waals surface area contributed by atoms with Gasteiger partial charge in [-0.1, -0.05) is 34.6 Å². The van der Waals surface area contributed by atoms with Crippen molar-refractivity contribution in [2.45, 2.75) is 17.9 Å². The Morgan fingerprint density at radius 3 is 3.07 bits per heavy atom. The average Bonchev–Trinajstić information content (AvgIpc) is 2.52. The van der Waals surface area contributed by atoms with E-state index in [9.17, 15) is 0 Å². The second-order valence-electron chi connectivity index (χ2n) is 3.25. The minimum absolute atomic E-state index is 0.0690. The molecule has 1 unspecified atom stereocenters. The van der Waals surface area contributed by atoms with E-state index >= 15 is 0 Å². The summed E-state index contributed by atoms with van der Waals surface area (Å²) in [7, 11) is 0. The molecule has 0 radical (unpaired) electrons. The van der Waals surface area contributed by atoms with Crippen LogP contribution in [-0.4, -0.2) is 17.7 Å². The molecule has 0 bridgehead atoms. The van der Waals surface area contributed by atoms with E-state index in [4.69, 9.17) is 10.6 Å². The summed E-state index contributed by atoms with van der Waals surface area (Å²) in [6.07, 6.45) is 0. The number of aryl methyl sites for hydroxylation is 1. The van der Waals surface area contributed by atoms with Crippen LogP contribution in [0.3, 0.4) is 0 Å². The van der Waals surface area contributed by atoms with Crippen LogP contribution in [0.5, 0.6) is 0 Å². The molecule has 4 heteroatoms. The van der Waals surface area contributed by atoms with Crippen LogP contribution >= 0.6 is 11.8 Å². The third-order valence-corrected chi connectivity index (χ3v) is 3.01. The molecule has 1 heterocycles. The molecule has 2 N–H and O–H groups in total. The van der Waals surface area contributed by atoms with E-state index < -0.39 is 0 Å². The van der Waals surface area contributed by atoms with Crippen LogP contribution in [0.15, 0.2) is 34.3 Å². The van der Waals surface area contributed by atoms with Gasteiger partial charge in [-0.3, -0.25) is 0 Å². The molecule has 2 rings (SSSR count). The van der Waals surface area contributed by atoms with Gasteiger partial charge < -0.3 is 10.6 Å². The normalized spacial score (nSPS) is 20.4. The van der Waals surface area contributed by atoms with Crippen molar-refractivity contribution in [2.24, 2.45) is 10.9 Å². The maximum atomic E-state index is 5.79. The Hall–Kier alpha value is -1.00. The van der Waals surface area contributed by atoms with Gasteiger partial charge >= 0.3 is 0 Å². The van der Waals surface area contributed by atoms with Gasteiger partial charge in [-0.25, -0.2) is 0 Å². The standard InChI is InChI=1S/C10H12N2OS/c1-7-3-2-4-8(5-7)14-10-9(11)6-13-12-10/h2-5,9H,6,11H2,1H3. The summed E-state index contributed by atoms with van der Waals surface area (Å²) in [5.74, 6) is 0. The van der Waals surface area contributed by atoms with Gasteiger partial charge in [0.15, 0.2) is 0 Å². The fourth-order valence-corrected chi connectivity index (χ4v) is 2.16. The van der Waals surface area contributed by atoms with Crippen LogP contribution in [0.1, 0.15) is 5.56 Å². The second kappa shape index (κ2) is 4.02. The Morgan fingerprint density at radius 1 is 1.57 bits per heavy atom. The zero-order valence-electron chi connectivity index (χ0n) is 7.93. The lowest BCUT2D eigenvalue weighted by Crippen LogP contribution is -2.27. The van der Waals surface area contributed by atoms with Crippen molar-refractivity contribution in [1.29, 1.82) is 0 Å². The molecule has 0 amide bonds. The molecule has 14 heavy (non-hydrogen) atoms. The van der Waals surface area contributed by atoms with Crippen molar-refractivity contribution < 1.29 is 4.84 Å². The first-order valence-corrected chi connectivity index (χ1v) is 5.27. The molecule has 0 spiro atoms. The first kappa shape index (κ1) is 9.55. The first-order chi connectivity index (χ1) is 6.75. The highest BCUT2D eigenvalue weighted by atomic mass is 32.2. The highest BCUT2D eigenvalue weighted by molar-refractivity contribution is 8.14. The van der Waals surface area contributed by atoms with Gasteiger partial charge in [0.05, 0.1) is 6.04 Å². The Kier molecular flexibility index (Phi) is 2.74. The summed E-state index contributed by atoms with van der Waals surface area (Å²) in [4.78, 5) is 6.07. The number of hydrogen-bond acceptors (Lipinski definition) is 4. The molecule has 3 nitrogen and oxygen atoms in total. The summed E-state index contributed by atoms with van der Waals surface area (Å²) in [5.41, 5.74) is 7.03. The van der Waals surface area contributed by atoms with Crippen LogP contribution in [0.4, 0.5) is 0 Å². The van der Waals surface area contributed by atoms with Crippen molar-refractivity contribution in [2.75, 3.05) is 6.61 Å². The largest absolute Gasteiger partial charge is 0.393 e. The zero-order valence-corrected chi connectivity index (χ0v) is 8.75. The van der Waals surface area contributed by atoms with E-state index in [2.05, 4.69) is 24.2 Å². The summed E-state index contributed by atoms with van der Waals surface area (Å²) in [5, 5.41) is 4.75. The SMILES string of the molecule is Cc1cccc(SC2=NOCC2N)c1. The van der Waals surface area contributed by atoms with E-state index in [1.165, 1.54) is 5.56 Å².